The number of hydrogen-bond donors (Lipinski definition) is 1. The van der Waals surface area contributed by atoms with Gasteiger partial charge in [0.25, 0.3) is 0 Å². The Kier molecular flexibility index (Phi) is 5.18. The van der Waals surface area contributed by atoms with Gasteiger partial charge in [0.05, 0.1) is 17.8 Å². The Morgan fingerprint density at radius 1 is 0.929 bits per heavy atom. The van der Waals surface area contributed by atoms with Crippen molar-refractivity contribution in [1.29, 1.82) is 0 Å². The van der Waals surface area contributed by atoms with Crippen molar-refractivity contribution in [2.45, 2.75) is 48.3 Å². The second-order valence-electron chi connectivity index (χ2n) is 8.32. The maximum Gasteiger partial charge on any atom is 0.184 e. The number of rotatable bonds is 6. The Morgan fingerprint density at radius 3 is 1.82 bits per heavy atom. The van der Waals surface area contributed by atoms with Gasteiger partial charge < -0.3 is 0 Å². The van der Waals surface area contributed by atoms with Crippen LogP contribution in [0.25, 0.3) is 0 Å². The van der Waals surface area contributed by atoms with Gasteiger partial charge in [0.2, 0.25) is 0 Å². The summed E-state index contributed by atoms with van der Waals surface area (Å²) in [6, 6.07) is 0. The minimum Gasteiger partial charge on any atom is -0.223 e. The molecule has 0 amide bonds. The fourth-order valence-corrected chi connectivity index (χ4v) is 8.38. The molecule has 5 nitrogen and oxygen atoms in total. The first-order valence-corrected chi connectivity index (χ1v) is 11.3. The van der Waals surface area contributed by atoms with Crippen molar-refractivity contribution in [2.24, 2.45) is 23.2 Å². The van der Waals surface area contributed by atoms with E-state index in [4.69, 9.17) is 5.26 Å². The summed E-state index contributed by atoms with van der Waals surface area (Å²) in [5.74, 6) is -7.19. The normalized spacial score (nSPS) is 31.5. The third-order valence-electron chi connectivity index (χ3n) is 6.30. The summed E-state index contributed by atoms with van der Waals surface area (Å²) in [5.41, 5.74) is -0.597. The highest BCUT2D eigenvalue weighted by molar-refractivity contribution is 7.94. The predicted molar refractivity (Wildman–Crippen MR) is 89.6 cm³/mol. The van der Waals surface area contributed by atoms with Crippen molar-refractivity contribution in [2.75, 3.05) is 5.75 Å². The molecule has 1 N–H and O–H groups in total. The van der Waals surface area contributed by atoms with Crippen LogP contribution in [-0.4, -0.2) is 19.4 Å². The van der Waals surface area contributed by atoms with E-state index in [1.54, 1.807) is 0 Å². The van der Waals surface area contributed by atoms with Crippen LogP contribution in [0.2, 0.25) is 0 Å². The van der Waals surface area contributed by atoms with Crippen LogP contribution in [0.4, 0.5) is 17.6 Å². The number of sulfone groups is 1. The van der Waals surface area contributed by atoms with Crippen molar-refractivity contribution in [3.63, 3.8) is 0 Å². The maximum atomic E-state index is 14.5. The molecule has 0 heterocycles. The van der Waals surface area contributed by atoms with Crippen LogP contribution in [0, 0.1) is 46.4 Å². The second kappa shape index (κ2) is 7.12. The summed E-state index contributed by atoms with van der Waals surface area (Å²) < 4.78 is 86.8. The van der Waals surface area contributed by atoms with E-state index < -0.39 is 54.1 Å². The van der Waals surface area contributed by atoms with E-state index in [1.165, 1.54) is 0 Å². The molecule has 4 fully saturated rings. The largest absolute Gasteiger partial charge is 0.223 e. The first-order chi connectivity index (χ1) is 13.2. The Labute approximate surface area is 163 Å². The van der Waals surface area contributed by atoms with Crippen molar-refractivity contribution >= 4 is 21.9 Å². The van der Waals surface area contributed by atoms with Gasteiger partial charge in [-0.3, -0.25) is 0 Å². The van der Waals surface area contributed by atoms with Crippen molar-refractivity contribution in [3.05, 3.63) is 23.3 Å². The van der Waals surface area contributed by atoms with E-state index in [-0.39, 0.29) is 12.0 Å². The first kappa shape index (κ1) is 20.4. The molecule has 156 valence electrons. The average Bonchev–Trinajstić information content (AvgIpc) is 2.58. The van der Waals surface area contributed by atoms with Gasteiger partial charge in [-0.15, -0.1) is 4.33 Å². The predicted octanol–water partition coefficient (Wildman–Crippen LogP) is 4.66. The lowest BCUT2D eigenvalue weighted by Gasteiger charge is -2.56. The molecule has 4 aliphatic carbocycles. The molecular weight excluding hydrogens is 424 g/mol. The van der Waals surface area contributed by atoms with Crippen LogP contribution >= 0.6 is 12.0 Å². The van der Waals surface area contributed by atoms with Gasteiger partial charge in [0, 0.05) is 0 Å². The Balaban J connectivity index is 1.70. The molecule has 0 radical (unpaired) electrons. The minimum absolute atomic E-state index is 0.321. The van der Waals surface area contributed by atoms with Crippen molar-refractivity contribution in [1.82, 2.24) is 0 Å². The SMILES string of the molecule is O=S(=O)(CC12CC3CC(CC(C3)C1)C2)c1c(F)c(F)c(SOOO)c(F)c1F. The van der Waals surface area contributed by atoms with Gasteiger partial charge in [-0.1, -0.05) is 5.04 Å². The van der Waals surface area contributed by atoms with Gasteiger partial charge in [-0.05, 0) is 61.7 Å². The van der Waals surface area contributed by atoms with Crippen molar-refractivity contribution < 1.29 is 40.6 Å². The summed E-state index contributed by atoms with van der Waals surface area (Å²) in [5, 5.41) is 11.2. The zero-order chi connectivity index (χ0) is 20.3. The molecular formula is C17H18F4O5S2. The van der Waals surface area contributed by atoms with Crippen LogP contribution in [0.1, 0.15) is 38.5 Å². The molecule has 0 saturated heterocycles. The molecule has 0 atom stereocenters. The van der Waals surface area contributed by atoms with E-state index in [2.05, 4.69) is 9.37 Å². The molecule has 5 rings (SSSR count). The number of hydrogen-bond acceptors (Lipinski definition) is 6. The zero-order valence-corrected chi connectivity index (χ0v) is 16.2. The van der Waals surface area contributed by atoms with Crippen LogP contribution in [-0.2, 0) is 19.2 Å². The first-order valence-electron chi connectivity index (χ1n) is 8.89. The van der Waals surface area contributed by atoms with Gasteiger partial charge in [-0.25, -0.2) is 31.2 Å². The molecule has 11 heteroatoms. The minimum atomic E-state index is -4.63. The third kappa shape index (κ3) is 3.34. The molecule has 4 bridgehead atoms. The van der Waals surface area contributed by atoms with Gasteiger partial charge in [-0.2, -0.15) is 0 Å². The molecule has 0 spiro atoms. The Bertz CT molecular complexity index is 841. The highest BCUT2D eigenvalue weighted by Crippen LogP contribution is 2.60. The highest BCUT2D eigenvalue weighted by atomic mass is 32.2. The Morgan fingerprint density at radius 2 is 1.39 bits per heavy atom. The topological polar surface area (TPSA) is 72.8 Å². The summed E-state index contributed by atoms with van der Waals surface area (Å²) in [4.78, 5) is -2.88. The lowest BCUT2D eigenvalue weighted by Crippen LogP contribution is -2.49. The molecule has 1 aromatic carbocycles. The fourth-order valence-electron chi connectivity index (χ4n) is 5.93. The van der Waals surface area contributed by atoms with E-state index in [0.29, 0.717) is 37.0 Å². The molecule has 4 saturated carbocycles. The highest BCUT2D eigenvalue weighted by Gasteiger charge is 2.53. The van der Waals surface area contributed by atoms with Crippen LogP contribution in [0.3, 0.4) is 0 Å². The Hall–Kier alpha value is -0.880. The zero-order valence-electron chi connectivity index (χ0n) is 14.6. The molecule has 0 aromatic heterocycles. The van der Waals surface area contributed by atoms with Crippen LogP contribution in [0.15, 0.2) is 9.79 Å². The van der Waals surface area contributed by atoms with Crippen LogP contribution < -0.4 is 0 Å². The quantitative estimate of drug-likeness (QED) is 0.227. The van der Waals surface area contributed by atoms with Gasteiger partial charge in [0.1, 0.15) is 9.79 Å². The second-order valence-corrected chi connectivity index (χ2v) is 11.0. The lowest BCUT2D eigenvalue weighted by atomic mass is 9.50. The standard InChI is InChI=1S/C17H18F4O5S2/c18-11-13(20)16(14(21)12(19)15(11)27-26-25-22)28(23,24)7-17-4-8-1-9(5-17)3-10(2-8)6-17/h8-10,22H,1-7H2. The fraction of sp³-hybridized carbons (Fsp3) is 0.647. The van der Waals surface area contributed by atoms with Gasteiger partial charge >= 0.3 is 0 Å². The summed E-state index contributed by atoms with van der Waals surface area (Å²) in [6.07, 6.45) is 5.10. The number of benzene rings is 1. The average molecular weight is 442 g/mol. The summed E-state index contributed by atoms with van der Waals surface area (Å²) >= 11 is -0.321. The van der Waals surface area contributed by atoms with E-state index >= 15 is 0 Å². The van der Waals surface area contributed by atoms with Gasteiger partial charge in [0.15, 0.2) is 33.1 Å². The van der Waals surface area contributed by atoms with E-state index in [9.17, 15) is 26.0 Å². The molecule has 28 heavy (non-hydrogen) atoms. The molecule has 4 aliphatic rings. The monoisotopic (exact) mass is 442 g/mol. The van der Waals surface area contributed by atoms with E-state index in [1.807, 2.05) is 0 Å². The summed E-state index contributed by atoms with van der Waals surface area (Å²) in [7, 11) is -4.63. The smallest absolute Gasteiger partial charge is 0.184 e. The molecule has 1 aromatic rings. The van der Waals surface area contributed by atoms with Crippen molar-refractivity contribution in [3.8, 4) is 0 Å². The molecule has 0 aliphatic heterocycles. The number of halogens is 4. The third-order valence-corrected chi connectivity index (χ3v) is 8.93. The maximum absolute atomic E-state index is 14.5. The molecule has 0 unspecified atom stereocenters. The summed E-state index contributed by atoms with van der Waals surface area (Å²) in [6.45, 7) is 0. The lowest BCUT2D eigenvalue weighted by molar-refractivity contribution is -0.432. The van der Waals surface area contributed by atoms with Crippen LogP contribution in [0.5, 0.6) is 0 Å². The van der Waals surface area contributed by atoms with E-state index in [0.717, 1.165) is 19.3 Å².